The fourth-order valence-corrected chi connectivity index (χ4v) is 14.0. The first-order valence-corrected chi connectivity index (χ1v) is 39.2. The van der Waals surface area contributed by atoms with Crippen molar-refractivity contribution in [3.63, 3.8) is 0 Å². The van der Waals surface area contributed by atoms with Gasteiger partial charge < -0.3 is 15.7 Å². The van der Waals surface area contributed by atoms with Crippen molar-refractivity contribution in [2.75, 3.05) is 0 Å². The molecule has 2 atom stereocenters. The standard InChI is InChI=1S/C18H21ClN2O.C14H11Cl2N.C14H11ClN2.C14H12ClNO.C14H10ClNO.C11H16N2O.C7H6N2/c1-18(2,3)21-17(22)16-14(7-5-11-20-16)10-9-13-6-4-8-15(19)12-13;15-11-5-6-12-10(8-11)4-3-9-2-1-7-17-14(9)13(12)16;15-13-5-1-3-11(9-13)6-7-12-4-2-8-17-14(12)10-16;2*15-11-5-6-12-10(8-11)4-3-9-2-1-7-16-13(9)14(12)17;1-8-6-5-7-12-9(8)10(14)13-11(2,3)4;1-6-3-2-4-9-7(6)5-8/h4-8,11-12H,9-10H2,1-3H3,(H,21,22);1-2,5-8,13H,3-4H2;1-5,8-9H,6-7H2;1-2,5-8,14,17H,3-4H2;1-2,5-8H,3-4H2;5-7H,1-4H3,(H,13,14);2-4H,1H3. The van der Waals surface area contributed by atoms with E-state index in [0.717, 1.165) is 162 Å². The first-order chi connectivity index (χ1) is 54.1. The molecule has 0 saturated heterocycles. The molecule has 7 aromatic heterocycles. The van der Waals surface area contributed by atoms with E-state index in [2.05, 4.69) is 57.7 Å². The SMILES string of the molecule is CC(C)(C)NC(=O)c1ncccc1CCc1cccc(Cl)c1.Cc1cccnc1C#N.Cc1cccnc1C(=O)NC(C)(C)C.Clc1ccc2c(c1)CCc1cccnc1C2Cl.N#Cc1ncccc1CCc1cccc(Cl)c1.O=C1c2ccc(Cl)cc2CCc2cccnc21.OC1c2ccc(Cl)cc2CCc2cccnc21. The molecule has 15 nitrogen and oxygen atoms in total. The number of carbonyl (C=O) groups is 3. The van der Waals surface area contributed by atoms with Gasteiger partial charge in [0.25, 0.3) is 11.8 Å². The fraction of sp³-hybridized carbons (Fsp3) is 0.239. The fourth-order valence-electron chi connectivity index (χ4n) is 12.6. The molecule has 7 heterocycles. The monoisotopic (exact) mass is 1620 g/mol. The Morgan fingerprint density at radius 2 is 0.841 bits per heavy atom. The maximum absolute atomic E-state index is 12.4. The Kier molecular flexibility index (Phi) is 32.0. The average Bonchev–Trinajstić information content (AvgIpc) is 1.68. The summed E-state index contributed by atoms with van der Waals surface area (Å²) in [6.45, 7) is 15.5. The summed E-state index contributed by atoms with van der Waals surface area (Å²) in [7, 11) is 0. The van der Waals surface area contributed by atoms with Gasteiger partial charge in [-0.15, -0.1) is 11.6 Å². The summed E-state index contributed by atoms with van der Waals surface area (Å²) in [5.74, 6) is -0.241. The van der Waals surface area contributed by atoms with Gasteiger partial charge in [-0.3, -0.25) is 39.3 Å². The number of benzene rings is 5. The molecule has 0 aliphatic heterocycles. The van der Waals surface area contributed by atoms with Crippen LogP contribution in [-0.4, -0.2) is 68.7 Å². The van der Waals surface area contributed by atoms with Crippen molar-refractivity contribution in [2.45, 2.75) is 142 Å². The first-order valence-electron chi connectivity index (χ1n) is 36.8. The Morgan fingerprint density at radius 1 is 0.425 bits per heavy atom. The summed E-state index contributed by atoms with van der Waals surface area (Å²) in [5, 5.41) is 37.0. The second-order valence-corrected chi connectivity index (χ2v) is 31.6. The van der Waals surface area contributed by atoms with Crippen LogP contribution in [0, 0.1) is 36.5 Å². The predicted molar refractivity (Wildman–Crippen MR) is 452 cm³/mol. The van der Waals surface area contributed by atoms with Crippen molar-refractivity contribution < 1.29 is 19.5 Å². The Labute approximate surface area is 691 Å². The highest BCUT2D eigenvalue weighted by Gasteiger charge is 2.27. The van der Waals surface area contributed by atoms with Crippen LogP contribution in [0.1, 0.15) is 191 Å². The third kappa shape index (κ3) is 26.0. The number of rotatable bonds is 8. The summed E-state index contributed by atoms with van der Waals surface area (Å²) in [6.07, 6.45) is 19.7. The number of nitriles is 2. The third-order valence-corrected chi connectivity index (χ3v) is 19.7. The molecule has 3 aliphatic rings. The van der Waals surface area contributed by atoms with Crippen LogP contribution in [0.5, 0.6) is 0 Å². The average molecular weight is 1620 g/mol. The number of aryl methyl sites for hydroxylation is 12. The summed E-state index contributed by atoms with van der Waals surface area (Å²) in [5.41, 5.74) is 19.5. The van der Waals surface area contributed by atoms with Crippen LogP contribution in [-0.2, 0) is 64.2 Å². The molecule has 12 aromatic rings. The number of nitrogens with one attached hydrogen (secondary N) is 2. The van der Waals surface area contributed by atoms with Gasteiger partial charge in [-0.25, -0.2) is 9.97 Å². The number of alkyl halides is 1. The summed E-state index contributed by atoms with van der Waals surface area (Å²) in [4.78, 5) is 65.5. The minimum absolute atomic E-state index is 0.00441. The van der Waals surface area contributed by atoms with E-state index < -0.39 is 6.10 Å². The maximum atomic E-state index is 12.4. The van der Waals surface area contributed by atoms with Crippen LogP contribution in [0.15, 0.2) is 231 Å². The highest BCUT2D eigenvalue weighted by molar-refractivity contribution is 6.32. The molecule has 576 valence electrons. The molecule has 2 unspecified atom stereocenters. The van der Waals surface area contributed by atoms with Gasteiger partial charge in [-0.2, -0.15) is 10.5 Å². The number of amides is 2. The molecular weight excluding hydrogens is 1540 g/mol. The number of hydrogen-bond donors (Lipinski definition) is 3. The van der Waals surface area contributed by atoms with Crippen molar-refractivity contribution in [3.8, 4) is 12.1 Å². The number of aliphatic hydroxyl groups excluding tert-OH is 1. The van der Waals surface area contributed by atoms with Gasteiger partial charge in [0.1, 0.15) is 52.1 Å². The van der Waals surface area contributed by atoms with Crippen molar-refractivity contribution >= 4 is 87.2 Å². The van der Waals surface area contributed by atoms with Gasteiger partial charge in [-0.1, -0.05) is 137 Å². The number of aromatic nitrogens is 7. The quantitative estimate of drug-likeness (QED) is 0.120. The van der Waals surface area contributed by atoms with Crippen molar-refractivity contribution in [3.05, 3.63) is 380 Å². The van der Waals surface area contributed by atoms with Crippen LogP contribution in [0.25, 0.3) is 0 Å². The van der Waals surface area contributed by atoms with Gasteiger partial charge in [0.15, 0.2) is 0 Å². The van der Waals surface area contributed by atoms with Crippen LogP contribution in [0.3, 0.4) is 0 Å². The molecule has 15 rings (SSSR count). The normalized spacial score (nSPS) is 13.3. The zero-order valence-corrected chi connectivity index (χ0v) is 68.7. The zero-order chi connectivity index (χ0) is 81.2. The molecule has 0 fully saturated rings. The molecule has 0 saturated carbocycles. The van der Waals surface area contributed by atoms with Gasteiger partial charge in [0.2, 0.25) is 5.78 Å². The lowest BCUT2D eigenvalue weighted by Crippen LogP contribution is -2.41. The van der Waals surface area contributed by atoms with Crippen LogP contribution < -0.4 is 10.6 Å². The molecule has 3 aliphatic carbocycles. The number of aliphatic hydroxyl groups is 1. The molecule has 0 spiro atoms. The molecule has 3 N–H and O–H groups in total. The van der Waals surface area contributed by atoms with Crippen LogP contribution in [0.4, 0.5) is 0 Å². The van der Waals surface area contributed by atoms with Gasteiger partial charge >= 0.3 is 0 Å². The van der Waals surface area contributed by atoms with E-state index in [9.17, 15) is 19.5 Å². The highest BCUT2D eigenvalue weighted by Crippen LogP contribution is 2.37. The van der Waals surface area contributed by atoms with E-state index in [-0.39, 0.29) is 34.1 Å². The largest absolute Gasteiger partial charge is 0.382 e. The van der Waals surface area contributed by atoms with Crippen LogP contribution >= 0.6 is 69.6 Å². The zero-order valence-electron chi connectivity index (χ0n) is 64.1. The van der Waals surface area contributed by atoms with E-state index >= 15 is 0 Å². The Bertz CT molecular complexity index is 5280. The van der Waals surface area contributed by atoms with Crippen molar-refractivity contribution in [1.29, 1.82) is 10.5 Å². The molecule has 0 bridgehead atoms. The molecular formula is C92H87Cl6N11O4. The van der Waals surface area contributed by atoms with Crippen LogP contribution in [0.2, 0.25) is 25.1 Å². The summed E-state index contributed by atoms with van der Waals surface area (Å²) < 4.78 is 0. The second-order valence-electron chi connectivity index (χ2n) is 28.9. The van der Waals surface area contributed by atoms with E-state index in [4.69, 9.17) is 80.1 Å². The Hall–Kier alpha value is -10.6. The van der Waals surface area contributed by atoms with Crippen molar-refractivity contribution in [2.24, 2.45) is 0 Å². The van der Waals surface area contributed by atoms with E-state index in [1.807, 2.05) is 231 Å². The lowest BCUT2D eigenvalue weighted by molar-refractivity contribution is 0.0904. The minimum atomic E-state index is -0.638. The Balaban J connectivity index is 0.000000153. The number of halogens is 6. The summed E-state index contributed by atoms with van der Waals surface area (Å²) >= 11 is 36.4. The van der Waals surface area contributed by atoms with E-state index in [0.29, 0.717) is 33.5 Å². The smallest absolute Gasteiger partial charge is 0.270 e. The number of hydrogen-bond acceptors (Lipinski definition) is 13. The molecule has 21 heteroatoms. The highest BCUT2D eigenvalue weighted by atomic mass is 35.5. The predicted octanol–water partition coefficient (Wildman–Crippen LogP) is 20.8. The minimum Gasteiger partial charge on any atom is -0.382 e. The van der Waals surface area contributed by atoms with Crippen molar-refractivity contribution in [1.82, 2.24) is 45.5 Å². The first kappa shape index (κ1) is 86.4. The number of carbonyl (C=O) groups excluding carboxylic acids is 3. The van der Waals surface area contributed by atoms with Gasteiger partial charge in [-0.05, 0) is 307 Å². The molecule has 5 aromatic carbocycles. The lowest BCUT2D eigenvalue weighted by Gasteiger charge is -2.21. The number of fused-ring (bicyclic) bond motifs is 6. The maximum Gasteiger partial charge on any atom is 0.270 e. The Morgan fingerprint density at radius 3 is 1.40 bits per heavy atom. The number of pyridine rings is 7. The molecule has 0 radical (unpaired) electrons. The van der Waals surface area contributed by atoms with E-state index in [1.54, 1.807) is 55.5 Å². The topological polar surface area (TPSA) is 233 Å². The molecule has 2 amide bonds. The number of nitrogens with zero attached hydrogens (tertiary/aromatic N) is 9. The van der Waals surface area contributed by atoms with Gasteiger partial charge in [0.05, 0.1) is 11.4 Å². The second kappa shape index (κ2) is 41.8. The lowest BCUT2D eigenvalue weighted by atomic mass is 10.0. The number of ketones is 1. The summed E-state index contributed by atoms with van der Waals surface area (Å²) in [6, 6.07) is 63.5. The van der Waals surface area contributed by atoms with Gasteiger partial charge in [0, 0.05) is 85.1 Å². The molecule has 113 heavy (non-hydrogen) atoms. The van der Waals surface area contributed by atoms with E-state index in [1.165, 1.54) is 16.7 Å². The third-order valence-electron chi connectivity index (χ3n) is 18.1.